The van der Waals surface area contributed by atoms with Crippen molar-refractivity contribution in [2.75, 3.05) is 30.3 Å². The van der Waals surface area contributed by atoms with Gasteiger partial charge in [-0.25, -0.2) is 4.98 Å². The molecule has 1 fully saturated rings. The van der Waals surface area contributed by atoms with E-state index < -0.39 is 0 Å². The number of rotatable bonds is 2. The van der Waals surface area contributed by atoms with Crippen molar-refractivity contribution in [3.63, 3.8) is 0 Å². The molecule has 1 aromatic rings. The Balaban J connectivity index is 2.18. The van der Waals surface area contributed by atoms with Gasteiger partial charge in [-0.05, 0) is 19.8 Å². The van der Waals surface area contributed by atoms with E-state index in [2.05, 4.69) is 21.8 Å². The fraction of sp³-hybridized carbons (Fsp3) is 0.667. The van der Waals surface area contributed by atoms with E-state index in [-0.39, 0.29) is 6.10 Å². The van der Waals surface area contributed by atoms with Gasteiger partial charge in [-0.15, -0.1) is 0 Å². The molecule has 1 aromatic heterocycles. The van der Waals surface area contributed by atoms with E-state index in [0.717, 1.165) is 44.0 Å². The Morgan fingerprint density at radius 3 is 3.06 bits per heavy atom. The van der Waals surface area contributed by atoms with Gasteiger partial charge in [0.25, 0.3) is 0 Å². The topological polar surface area (TPSA) is 64.3 Å². The van der Waals surface area contributed by atoms with Crippen LogP contribution < -0.4 is 10.6 Å². The zero-order chi connectivity index (χ0) is 12.3. The van der Waals surface area contributed by atoms with Crippen LogP contribution in [0.1, 0.15) is 25.5 Å². The van der Waals surface area contributed by atoms with E-state index in [1.54, 1.807) is 0 Å². The number of nitrogens with two attached hydrogens (primary N) is 1. The molecule has 1 aliphatic heterocycles. The van der Waals surface area contributed by atoms with Crippen LogP contribution in [0.3, 0.4) is 0 Å². The van der Waals surface area contributed by atoms with Crippen LogP contribution in [-0.2, 0) is 4.74 Å². The predicted molar refractivity (Wildman–Crippen MR) is 68.0 cm³/mol. The Bertz CT molecular complexity index is 363. The Kier molecular flexibility index (Phi) is 3.78. The second-order valence-corrected chi connectivity index (χ2v) is 4.43. The highest BCUT2D eigenvalue weighted by atomic mass is 16.5. The van der Waals surface area contributed by atoms with Crippen LogP contribution in [0.25, 0.3) is 0 Å². The number of nitrogen functional groups attached to an aromatic ring is 1. The van der Waals surface area contributed by atoms with Crippen molar-refractivity contribution in [3.05, 3.63) is 11.8 Å². The van der Waals surface area contributed by atoms with Gasteiger partial charge in [0.15, 0.2) is 0 Å². The molecule has 1 atom stereocenters. The van der Waals surface area contributed by atoms with Crippen molar-refractivity contribution in [1.29, 1.82) is 0 Å². The molecule has 94 valence electrons. The maximum Gasteiger partial charge on any atom is 0.222 e. The number of hydrogen-bond acceptors (Lipinski definition) is 5. The lowest BCUT2D eigenvalue weighted by Gasteiger charge is -2.24. The van der Waals surface area contributed by atoms with Gasteiger partial charge in [-0.1, -0.05) is 6.92 Å². The zero-order valence-electron chi connectivity index (χ0n) is 10.5. The lowest BCUT2D eigenvalue weighted by Crippen LogP contribution is -2.32. The largest absolute Gasteiger partial charge is 0.376 e. The predicted octanol–water partition coefficient (Wildman–Crippen LogP) is 1.37. The van der Waals surface area contributed by atoms with Crippen molar-refractivity contribution in [3.8, 4) is 0 Å². The van der Waals surface area contributed by atoms with E-state index >= 15 is 0 Å². The maximum absolute atomic E-state index is 5.75. The number of ether oxygens (including phenoxy) is 1. The summed E-state index contributed by atoms with van der Waals surface area (Å²) in [6.45, 7) is 6.76. The Labute approximate surface area is 102 Å². The average molecular weight is 236 g/mol. The van der Waals surface area contributed by atoms with Crippen molar-refractivity contribution < 1.29 is 4.74 Å². The third-order valence-electron chi connectivity index (χ3n) is 2.99. The first-order valence-electron chi connectivity index (χ1n) is 6.16. The van der Waals surface area contributed by atoms with Crippen LogP contribution in [0.15, 0.2) is 6.07 Å². The van der Waals surface area contributed by atoms with Gasteiger partial charge in [0.1, 0.15) is 5.82 Å². The molecule has 1 unspecified atom stereocenters. The van der Waals surface area contributed by atoms with Crippen molar-refractivity contribution in [2.45, 2.75) is 32.8 Å². The standard InChI is InChI=1S/C12H20N4O/c1-3-10-8-16(5-4-6-17-10)11-7-9(2)14-12(13)15-11/h7,10H,3-6,8H2,1-2H3,(H2,13,14,15). The fourth-order valence-corrected chi connectivity index (χ4v) is 2.09. The van der Waals surface area contributed by atoms with Crippen molar-refractivity contribution in [2.24, 2.45) is 0 Å². The summed E-state index contributed by atoms with van der Waals surface area (Å²) < 4.78 is 5.75. The van der Waals surface area contributed by atoms with Crippen LogP contribution in [0, 0.1) is 6.92 Å². The SMILES string of the molecule is CCC1CN(c2cc(C)nc(N)n2)CCCO1. The summed E-state index contributed by atoms with van der Waals surface area (Å²) in [6, 6.07) is 1.98. The molecule has 2 rings (SSSR count). The molecule has 0 saturated carbocycles. The molecule has 5 heteroatoms. The van der Waals surface area contributed by atoms with Gasteiger partial charge in [0, 0.05) is 31.5 Å². The number of aryl methyl sites for hydroxylation is 1. The van der Waals surface area contributed by atoms with Crippen LogP contribution >= 0.6 is 0 Å². The first-order chi connectivity index (χ1) is 8.19. The number of nitrogens with zero attached hydrogens (tertiary/aromatic N) is 3. The summed E-state index contributed by atoms with van der Waals surface area (Å²) in [7, 11) is 0. The van der Waals surface area contributed by atoms with Gasteiger partial charge in [-0.3, -0.25) is 0 Å². The van der Waals surface area contributed by atoms with Crippen LogP contribution in [-0.4, -0.2) is 35.8 Å². The molecule has 0 bridgehead atoms. The summed E-state index contributed by atoms with van der Waals surface area (Å²) in [5.74, 6) is 1.26. The molecule has 2 N–H and O–H groups in total. The van der Waals surface area contributed by atoms with Gasteiger partial charge < -0.3 is 15.4 Å². The summed E-state index contributed by atoms with van der Waals surface area (Å²) in [4.78, 5) is 10.6. The van der Waals surface area contributed by atoms with E-state index in [1.165, 1.54) is 0 Å². The van der Waals surface area contributed by atoms with Gasteiger partial charge >= 0.3 is 0 Å². The number of aromatic nitrogens is 2. The highest BCUT2D eigenvalue weighted by molar-refractivity contribution is 5.43. The minimum absolute atomic E-state index is 0.286. The van der Waals surface area contributed by atoms with Gasteiger partial charge in [0.05, 0.1) is 6.10 Å². The zero-order valence-corrected chi connectivity index (χ0v) is 10.5. The second-order valence-electron chi connectivity index (χ2n) is 4.43. The molecule has 1 saturated heterocycles. The molecular weight excluding hydrogens is 216 g/mol. The lowest BCUT2D eigenvalue weighted by atomic mass is 10.2. The Hall–Kier alpha value is -1.36. The normalized spacial score (nSPS) is 21.3. The molecular formula is C12H20N4O. The first-order valence-corrected chi connectivity index (χ1v) is 6.16. The van der Waals surface area contributed by atoms with Crippen LogP contribution in [0.5, 0.6) is 0 Å². The smallest absolute Gasteiger partial charge is 0.222 e. The summed E-state index contributed by atoms with van der Waals surface area (Å²) in [5, 5.41) is 0. The summed E-state index contributed by atoms with van der Waals surface area (Å²) in [5.41, 5.74) is 6.60. The molecule has 0 spiro atoms. The monoisotopic (exact) mass is 236 g/mol. The average Bonchev–Trinajstić information content (AvgIpc) is 2.52. The lowest BCUT2D eigenvalue weighted by molar-refractivity contribution is 0.0664. The molecule has 17 heavy (non-hydrogen) atoms. The summed E-state index contributed by atoms with van der Waals surface area (Å²) >= 11 is 0. The Morgan fingerprint density at radius 2 is 2.35 bits per heavy atom. The maximum atomic E-state index is 5.75. The third kappa shape index (κ3) is 3.06. The second kappa shape index (κ2) is 5.31. The minimum Gasteiger partial charge on any atom is -0.376 e. The molecule has 1 aliphatic rings. The molecule has 2 heterocycles. The van der Waals surface area contributed by atoms with Gasteiger partial charge in [0.2, 0.25) is 5.95 Å². The Morgan fingerprint density at radius 1 is 1.53 bits per heavy atom. The van der Waals surface area contributed by atoms with Crippen LogP contribution in [0.2, 0.25) is 0 Å². The van der Waals surface area contributed by atoms with E-state index in [1.807, 2.05) is 13.0 Å². The first kappa shape index (κ1) is 12.1. The number of anilines is 2. The van der Waals surface area contributed by atoms with Crippen molar-refractivity contribution in [1.82, 2.24) is 9.97 Å². The molecule has 0 amide bonds. The van der Waals surface area contributed by atoms with E-state index in [9.17, 15) is 0 Å². The highest BCUT2D eigenvalue weighted by Gasteiger charge is 2.18. The van der Waals surface area contributed by atoms with Gasteiger partial charge in [-0.2, -0.15) is 4.98 Å². The number of hydrogen-bond donors (Lipinski definition) is 1. The molecule has 5 nitrogen and oxygen atoms in total. The highest BCUT2D eigenvalue weighted by Crippen LogP contribution is 2.18. The molecule has 0 aliphatic carbocycles. The third-order valence-corrected chi connectivity index (χ3v) is 2.99. The minimum atomic E-state index is 0.286. The quantitative estimate of drug-likeness (QED) is 0.840. The van der Waals surface area contributed by atoms with Crippen LogP contribution in [0.4, 0.5) is 11.8 Å². The molecule has 0 radical (unpaired) electrons. The molecule has 0 aromatic carbocycles. The fourth-order valence-electron chi connectivity index (χ4n) is 2.09. The van der Waals surface area contributed by atoms with E-state index in [0.29, 0.717) is 5.95 Å². The summed E-state index contributed by atoms with van der Waals surface area (Å²) in [6.07, 6.45) is 2.34. The van der Waals surface area contributed by atoms with Crippen molar-refractivity contribution >= 4 is 11.8 Å². The van der Waals surface area contributed by atoms with E-state index in [4.69, 9.17) is 10.5 Å².